The average molecular weight is 293 g/mol. The fourth-order valence-electron chi connectivity index (χ4n) is 6.17. The first-order valence-corrected chi connectivity index (χ1v) is 12.5. The first-order chi connectivity index (χ1) is 9.82. The first kappa shape index (κ1) is 15.1. The molecule has 0 atom stereocenters. The highest BCUT2D eigenvalue weighted by atomic mass is 28.3. The van der Waals surface area contributed by atoms with Gasteiger partial charge in [-0.3, -0.25) is 0 Å². The number of rotatable bonds is 3. The molecule has 0 aromatic rings. The van der Waals surface area contributed by atoms with Crippen LogP contribution in [0.3, 0.4) is 0 Å². The molecule has 3 aliphatic rings. The maximum atomic E-state index is 2.90. The van der Waals surface area contributed by atoms with E-state index in [4.69, 9.17) is 0 Å². The lowest BCUT2D eigenvalue weighted by Crippen LogP contribution is -2.48. The van der Waals surface area contributed by atoms with Crippen molar-refractivity contribution < 1.29 is 0 Å². The smallest absolute Gasteiger partial charge is 0.0598 e. The van der Waals surface area contributed by atoms with Gasteiger partial charge in [0.05, 0.1) is 8.07 Å². The van der Waals surface area contributed by atoms with Gasteiger partial charge in [0.15, 0.2) is 0 Å². The van der Waals surface area contributed by atoms with Crippen molar-refractivity contribution in [3.05, 3.63) is 0 Å². The van der Waals surface area contributed by atoms with Crippen LogP contribution in [0.2, 0.25) is 23.2 Å². The van der Waals surface area contributed by atoms with Crippen molar-refractivity contribution in [2.24, 2.45) is 0 Å². The molecule has 0 aliphatic heterocycles. The van der Waals surface area contributed by atoms with Gasteiger partial charge in [0, 0.05) is 0 Å². The molecule has 3 aliphatic carbocycles. The van der Waals surface area contributed by atoms with Crippen LogP contribution < -0.4 is 0 Å². The maximum absolute atomic E-state index is 2.90. The monoisotopic (exact) mass is 292 g/mol. The third-order valence-corrected chi connectivity index (χ3v) is 14.5. The molecule has 0 aromatic carbocycles. The van der Waals surface area contributed by atoms with E-state index in [-0.39, 0.29) is 0 Å². The summed E-state index contributed by atoms with van der Waals surface area (Å²) in [5, 5.41) is 0. The molecule has 20 heavy (non-hydrogen) atoms. The van der Waals surface area contributed by atoms with Crippen LogP contribution in [0.5, 0.6) is 0 Å². The Kier molecular flexibility index (Phi) is 5.28. The van der Waals surface area contributed by atoms with E-state index in [9.17, 15) is 0 Å². The highest BCUT2D eigenvalue weighted by Gasteiger charge is 2.48. The largest absolute Gasteiger partial charge is 0.0685 e. The van der Waals surface area contributed by atoms with E-state index in [1.165, 1.54) is 35.9 Å². The molecule has 0 N–H and O–H groups in total. The normalized spacial score (nSPS) is 28.6. The molecule has 0 amide bonds. The minimum atomic E-state index is -1.05. The van der Waals surface area contributed by atoms with Crippen molar-refractivity contribution in [2.75, 3.05) is 0 Å². The van der Waals surface area contributed by atoms with Crippen molar-refractivity contribution in [1.82, 2.24) is 0 Å². The van der Waals surface area contributed by atoms with Crippen LogP contribution in [0, 0.1) is 0 Å². The van der Waals surface area contributed by atoms with Gasteiger partial charge in [-0.05, 0) is 16.6 Å². The molecule has 3 fully saturated rings. The molecule has 0 heterocycles. The second-order valence-corrected chi connectivity index (χ2v) is 13.6. The number of hydrogen-bond donors (Lipinski definition) is 0. The van der Waals surface area contributed by atoms with Gasteiger partial charge in [-0.25, -0.2) is 0 Å². The van der Waals surface area contributed by atoms with Gasteiger partial charge < -0.3 is 0 Å². The highest BCUT2D eigenvalue weighted by molar-refractivity contribution is 6.82. The molecule has 0 radical (unpaired) electrons. The molecular weight excluding hydrogens is 256 g/mol. The van der Waals surface area contributed by atoms with Crippen LogP contribution in [-0.2, 0) is 0 Å². The standard InChI is InChI=1S/C19H36Si/c1-20(17-11-5-2-6-12-17,18-13-7-3-8-14-18)19-15-9-4-10-16-19/h17-19H,2-16H2,1H3. The van der Waals surface area contributed by atoms with Gasteiger partial charge in [-0.15, -0.1) is 0 Å². The van der Waals surface area contributed by atoms with Crippen LogP contribution in [0.15, 0.2) is 0 Å². The molecule has 3 rings (SSSR count). The third kappa shape index (κ3) is 3.03. The Labute approximate surface area is 128 Å². The zero-order valence-electron chi connectivity index (χ0n) is 13.8. The van der Waals surface area contributed by atoms with Gasteiger partial charge in [-0.1, -0.05) is 103 Å². The van der Waals surface area contributed by atoms with Gasteiger partial charge in [0.2, 0.25) is 0 Å². The van der Waals surface area contributed by atoms with Gasteiger partial charge >= 0.3 is 0 Å². The van der Waals surface area contributed by atoms with E-state index >= 15 is 0 Å². The maximum Gasteiger partial charge on any atom is 0.0598 e. The predicted octanol–water partition coefficient (Wildman–Crippen LogP) is 7.07. The van der Waals surface area contributed by atoms with Crippen molar-refractivity contribution in [2.45, 2.75) is 119 Å². The Morgan fingerprint density at radius 3 is 0.950 bits per heavy atom. The summed E-state index contributed by atoms with van der Waals surface area (Å²) in [7, 11) is -1.05. The minimum absolute atomic E-state index is 1.05. The fraction of sp³-hybridized carbons (Fsp3) is 1.00. The van der Waals surface area contributed by atoms with Crippen molar-refractivity contribution in [1.29, 1.82) is 0 Å². The van der Waals surface area contributed by atoms with Gasteiger partial charge in [-0.2, -0.15) is 0 Å². The van der Waals surface area contributed by atoms with E-state index in [0.717, 1.165) is 0 Å². The van der Waals surface area contributed by atoms with Crippen LogP contribution in [-0.4, -0.2) is 8.07 Å². The third-order valence-electron chi connectivity index (χ3n) is 7.45. The Hall–Kier alpha value is 0.217. The SMILES string of the molecule is C[Si](C1CCCCC1)(C1CCCCC1)C1CCCCC1. The molecule has 0 saturated heterocycles. The zero-order valence-corrected chi connectivity index (χ0v) is 14.8. The summed E-state index contributed by atoms with van der Waals surface area (Å²) >= 11 is 0. The Bertz CT molecular complexity index is 235. The molecule has 0 spiro atoms. The van der Waals surface area contributed by atoms with Crippen molar-refractivity contribution >= 4 is 8.07 Å². The van der Waals surface area contributed by atoms with Gasteiger partial charge in [0.1, 0.15) is 0 Å². The lowest BCUT2D eigenvalue weighted by molar-refractivity contribution is 0.417. The van der Waals surface area contributed by atoms with Gasteiger partial charge in [0.25, 0.3) is 0 Å². The van der Waals surface area contributed by atoms with E-state index in [1.54, 1.807) is 77.0 Å². The van der Waals surface area contributed by atoms with E-state index in [0.29, 0.717) is 0 Å². The minimum Gasteiger partial charge on any atom is -0.0685 e. The Balaban J connectivity index is 1.79. The molecule has 1 heteroatoms. The highest BCUT2D eigenvalue weighted by Crippen LogP contribution is 2.56. The summed E-state index contributed by atoms with van der Waals surface area (Å²) in [6.45, 7) is 2.90. The quantitative estimate of drug-likeness (QED) is 0.488. The molecule has 0 unspecified atom stereocenters. The molecule has 0 bridgehead atoms. The van der Waals surface area contributed by atoms with Crippen LogP contribution in [0.1, 0.15) is 96.3 Å². The summed E-state index contributed by atoms with van der Waals surface area (Å²) in [4.78, 5) is 0. The molecule has 0 aromatic heterocycles. The van der Waals surface area contributed by atoms with E-state index < -0.39 is 8.07 Å². The fourth-order valence-corrected chi connectivity index (χ4v) is 13.1. The van der Waals surface area contributed by atoms with Crippen molar-refractivity contribution in [3.8, 4) is 0 Å². The molecular formula is C19H36Si. The summed E-state index contributed by atoms with van der Waals surface area (Å²) in [6.07, 6.45) is 23.7. The number of hydrogen-bond acceptors (Lipinski definition) is 0. The van der Waals surface area contributed by atoms with Crippen LogP contribution >= 0.6 is 0 Å². The Morgan fingerprint density at radius 2 is 0.700 bits per heavy atom. The lowest BCUT2D eigenvalue weighted by atomic mass is 9.98. The molecule has 3 saturated carbocycles. The van der Waals surface area contributed by atoms with E-state index in [1.807, 2.05) is 0 Å². The second kappa shape index (κ2) is 6.98. The summed E-state index contributed by atoms with van der Waals surface area (Å²) in [5.41, 5.74) is 3.63. The molecule has 0 nitrogen and oxygen atoms in total. The topological polar surface area (TPSA) is 0 Å². The second-order valence-electron chi connectivity index (χ2n) is 8.37. The predicted molar refractivity (Wildman–Crippen MR) is 92.1 cm³/mol. The lowest BCUT2D eigenvalue weighted by Gasteiger charge is -2.51. The van der Waals surface area contributed by atoms with E-state index in [2.05, 4.69) is 6.55 Å². The van der Waals surface area contributed by atoms with Crippen molar-refractivity contribution in [3.63, 3.8) is 0 Å². The summed E-state index contributed by atoms with van der Waals surface area (Å²) < 4.78 is 0. The summed E-state index contributed by atoms with van der Waals surface area (Å²) in [6, 6.07) is 0. The Morgan fingerprint density at radius 1 is 0.450 bits per heavy atom. The zero-order chi connectivity index (χ0) is 13.8. The summed E-state index contributed by atoms with van der Waals surface area (Å²) in [5.74, 6) is 0. The first-order valence-electron chi connectivity index (χ1n) is 9.82. The van der Waals surface area contributed by atoms with Crippen LogP contribution in [0.4, 0.5) is 0 Å². The molecule has 116 valence electrons. The average Bonchev–Trinajstić information content (AvgIpc) is 2.56. The van der Waals surface area contributed by atoms with Crippen LogP contribution in [0.25, 0.3) is 0 Å².